The molecule has 4 aromatic carbocycles. The van der Waals surface area contributed by atoms with Crippen LogP contribution in [-0.2, 0) is 17.6 Å². The zero-order chi connectivity index (χ0) is 30.4. The van der Waals surface area contributed by atoms with Gasteiger partial charge in [0.1, 0.15) is 12.1 Å². The Hall–Kier alpha value is -5.17. The standard InChI is InChI=1S/C37H34N4O3/c1-23-12-6-7-15-26(23)34-33-29(27-16-8-10-18-30(27)39-33)22-32-36(43)41(37(44)40(32)34)31-19-11-9-17-28(31)35(42)38-24(2)20-21-25-13-4-3-5-14-25/h3-19,24,32,34,39H,20-22H2,1-2H3,(H,38,42). The summed E-state index contributed by atoms with van der Waals surface area (Å²) in [5.41, 5.74) is 6.78. The van der Waals surface area contributed by atoms with Crippen LogP contribution in [0.3, 0.4) is 0 Å². The van der Waals surface area contributed by atoms with E-state index in [0.717, 1.165) is 46.1 Å². The minimum atomic E-state index is -0.695. The van der Waals surface area contributed by atoms with Gasteiger partial charge in [-0.05, 0) is 67.1 Å². The highest BCUT2D eigenvalue weighted by Gasteiger charge is 2.53. The molecule has 0 saturated carbocycles. The number of aromatic amines is 1. The van der Waals surface area contributed by atoms with Crippen molar-refractivity contribution in [2.45, 2.75) is 51.2 Å². The molecule has 1 aromatic heterocycles. The maximum atomic E-state index is 14.4. The van der Waals surface area contributed by atoms with Crippen molar-refractivity contribution in [3.05, 3.63) is 137 Å². The molecule has 2 aliphatic rings. The molecule has 3 unspecified atom stereocenters. The van der Waals surface area contributed by atoms with E-state index in [0.29, 0.717) is 17.7 Å². The molecule has 0 spiro atoms. The van der Waals surface area contributed by atoms with Crippen LogP contribution in [0.15, 0.2) is 103 Å². The maximum Gasteiger partial charge on any atom is 0.332 e. The van der Waals surface area contributed by atoms with E-state index in [1.807, 2.05) is 74.5 Å². The smallest absolute Gasteiger partial charge is 0.332 e. The molecule has 44 heavy (non-hydrogen) atoms. The number of nitrogens with zero attached hydrogens (tertiary/aromatic N) is 2. The number of rotatable bonds is 7. The van der Waals surface area contributed by atoms with Gasteiger partial charge in [-0.3, -0.25) is 14.5 Å². The fraction of sp³-hybridized carbons (Fsp3) is 0.216. The lowest BCUT2D eigenvalue weighted by Crippen LogP contribution is -2.44. The maximum absolute atomic E-state index is 14.4. The first-order chi connectivity index (χ1) is 21.4. The first-order valence-corrected chi connectivity index (χ1v) is 15.2. The summed E-state index contributed by atoms with van der Waals surface area (Å²) in [5, 5.41) is 4.15. The minimum Gasteiger partial charge on any atom is -0.356 e. The molecule has 5 aromatic rings. The van der Waals surface area contributed by atoms with Crippen LogP contribution in [0.2, 0.25) is 0 Å². The van der Waals surface area contributed by atoms with Crippen LogP contribution in [0.1, 0.15) is 57.7 Å². The Morgan fingerprint density at radius 2 is 1.61 bits per heavy atom. The molecule has 0 aliphatic carbocycles. The van der Waals surface area contributed by atoms with Crippen molar-refractivity contribution in [3.63, 3.8) is 0 Å². The number of benzene rings is 4. The van der Waals surface area contributed by atoms with Gasteiger partial charge in [0, 0.05) is 29.1 Å². The third-order valence-corrected chi connectivity index (χ3v) is 9.01. The summed E-state index contributed by atoms with van der Waals surface area (Å²) in [7, 11) is 0. The summed E-state index contributed by atoms with van der Waals surface area (Å²) in [6.45, 7) is 4.00. The Morgan fingerprint density at radius 1 is 0.909 bits per heavy atom. The van der Waals surface area contributed by atoms with Crippen LogP contribution in [0.4, 0.5) is 10.5 Å². The molecule has 3 heterocycles. The molecule has 1 saturated heterocycles. The number of para-hydroxylation sites is 2. The number of aryl methyl sites for hydroxylation is 2. The number of hydrogen-bond donors (Lipinski definition) is 2. The van der Waals surface area contributed by atoms with Crippen molar-refractivity contribution in [1.82, 2.24) is 15.2 Å². The van der Waals surface area contributed by atoms with Gasteiger partial charge in [-0.15, -0.1) is 0 Å². The number of nitrogens with one attached hydrogen (secondary N) is 2. The third kappa shape index (κ3) is 4.65. The Labute approximate surface area is 256 Å². The number of hydrogen-bond acceptors (Lipinski definition) is 3. The van der Waals surface area contributed by atoms with Gasteiger partial charge in [0.15, 0.2) is 0 Å². The summed E-state index contributed by atoms with van der Waals surface area (Å²) in [6.07, 6.45) is 1.99. The number of fused-ring (bicyclic) bond motifs is 4. The van der Waals surface area contributed by atoms with E-state index in [1.54, 1.807) is 29.2 Å². The molecule has 4 amide bonds. The molecular weight excluding hydrogens is 548 g/mol. The predicted octanol–water partition coefficient (Wildman–Crippen LogP) is 6.71. The highest BCUT2D eigenvalue weighted by Crippen LogP contribution is 2.45. The van der Waals surface area contributed by atoms with E-state index in [9.17, 15) is 14.4 Å². The topological polar surface area (TPSA) is 85.5 Å². The molecule has 0 radical (unpaired) electrons. The van der Waals surface area contributed by atoms with E-state index in [2.05, 4.69) is 28.5 Å². The predicted molar refractivity (Wildman–Crippen MR) is 172 cm³/mol. The number of H-pyrrole nitrogens is 1. The van der Waals surface area contributed by atoms with Crippen LogP contribution >= 0.6 is 0 Å². The minimum absolute atomic E-state index is 0.101. The molecule has 7 rings (SSSR count). The fourth-order valence-electron chi connectivity index (χ4n) is 6.78. The van der Waals surface area contributed by atoms with Crippen molar-refractivity contribution in [2.24, 2.45) is 0 Å². The second kappa shape index (κ2) is 11.2. The molecule has 3 atom stereocenters. The molecule has 220 valence electrons. The Bertz CT molecular complexity index is 1900. The summed E-state index contributed by atoms with van der Waals surface area (Å²) < 4.78 is 0. The van der Waals surface area contributed by atoms with Gasteiger partial charge < -0.3 is 10.3 Å². The number of carbonyl (C=O) groups excluding carboxylic acids is 3. The highest BCUT2D eigenvalue weighted by atomic mass is 16.2. The zero-order valence-electron chi connectivity index (χ0n) is 24.8. The van der Waals surface area contributed by atoms with Crippen LogP contribution < -0.4 is 10.2 Å². The molecule has 7 nitrogen and oxygen atoms in total. The highest BCUT2D eigenvalue weighted by molar-refractivity contribution is 6.24. The van der Waals surface area contributed by atoms with Gasteiger partial charge >= 0.3 is 6.03 Å². The van der Waals surface area contributed by atoms with E-state index >= 15 is 0 Å². The molecular formula is C37H34N4O3. The van der Waals surface area contributed by atoms with Crippen molar-refractivity contribution in [3.8, 4) is 0 Å². The third-order valence-electron chi connectivity index (χ3n) is 9.01. The number of amides is 4. The zero-order valence-corrected chi connectivity index (χ0v) is 24.8. The monoisotopic (exact) mass is 582 g/mol. The van der Waals surface area contributed by atoms with Gasteiger partial charge in [0.2, 0.25) is 0 Å². The van der Waals surface area contributed by atoms with Crippen molar-refractivity contribution < 1.29 is 14.4 Å². The number of urea groups is 1. The number of aromatic nitrogens is 1. The summed E-state index contributed by atoms with van der Waals surface area (Å²) in [6, 6.07) is 31.4. The SMILES string of the molecule is Cc1ccccc1C1c2[nH]c3ccccc3c2CC2C(=O)N(c3ccccc3C(=O)NC(C)CCc3ccccc3)C(=O)N21. The van der Waals surface area contributed by atoms with Gasteiger partial charge in [-0.25, -0.2) is 9.69 Å². The first-order valence-electron chi connectivity index (χ1n) is 15.2. The number of anilines is 1. The second-order valence-electron chi connectivity index (χ2n) is 11.8. The van der Waals surface area contributed by atoms with Gasteiger partial charge in [-0.2, -0.15) is 0 Å². The molecule has 2 N–H and O–H groups in total. The average molecular weight is 583 g/mol. The average Bonchev–Trinajstić information content (AvgIpc) is 3.54. The van der Waals surface area contributed by atoms with Gasteiger partial charge in [-0.1, -0.05) is 84.9 Å². The van der Waals surface area contributed by atoms with Crippen LogP contribution in [0.5, 0.6) is 0 Å². The number of imide groups is 1. The van der Waals surface area contributed by atoms with E-state index in [4.69, 9.17) is 0 Å². The van der Waals surface area contributed by atoms with Crippen molar-refractivity contribution >= 4 is 34.4 Å². The lowest BCUT2D eigenvalue weighted by Gasteiger charge is -2.36. The molecule has 0 bridgehead atoms. The van der Waals surface area contributed by atoms with Gasteiger partial charge in [0.25, 0.3) is 11.8 Å². The van der Waals surface area contributed by atoms with Crippen molar-refractivity contribution in [1.29, 1.82) is 0 Å². The van der Waals surface area contributed by atoms with E-state index in [1.165, 1.54) is 10.5 Å². The normalized spacial score (nSPS) is 18.3. The Balaban J connectivity index is 1.23. The molecule has 2 aliphatic heterocycles. The van der Waals surface area contributed by atoms with E-state index < -0.39 is 18.1 Å². The summed E-state index contributed by atoms with van der Waals surface area (Å²) >= 11 is 0. The Morgan fingerprint density at radius 3 is 2.43 bits per heavy atom. The largest absolute Gasteiger partial charge is 0.356 e. The fourth-order valence-corrected chi connectivity index (χ4v) is 6.78. The summed E-state index contributed by atoms with van der Waals surface area (Å²) in [5.74, 6) is -0.625. The Kier molecular flexibility index (Phi) is 7.01. The van der Waals surface area contributed by atoms with Gasteiger partial charge in [0.05, 0.1) is 11.3 Å². The molecule has 1 fully saturated rings. The lowest BCUT2D eigenvalue weighted by molar-refractivity contribution is -0.120. The lowest BCUT2D eigenvalue weighted by atomic mass is 9.87. The quantitative estimate of drug-likeness (QED) is 0.209. The summed E-state index contributed by atoms with van der Waals surface area (Å²) in [4.78, 5) is 48.8. The first kappa shape index (κ1) is 27.7. The van der Waals surface area contributed by atoms with Crippen LogP contribution in [-0.4, -0.2) is 39.8 Å². The van der Waals surface area contributed by atoms with Crippen LogP contribution in [0.25, 0.3) is 10.9 Å². The van der Waals surface area contributed by atoms with Crippen LogP contribution in [0, 0.1) is 6.92 Å². The number of carbonyl (C=O) groups is 3. The van der Waals surface area contributed by atoms with E-state index in [-0.39, 0.29) is 17.9 Å². The molecule has 7 heteroatoms. The van der Waals surface area contributed by atoms with Crippen molar-refractivity contribution in [2.75, 3.05) is 4.90 Å². The second-order valence-corrected chi connectivity index (χ2v) is 11.8.